The van der Waals surface area contributed by atoms with E-state index in [9.17, 15) is 8.42 Å². The first-order valence-corrected chi connectivity index (χ1v) is 4.11. The number of nitrogens with two attached hydrogens (primary N) is 1. The summed E-state index contributed by atoms with van der Waals surface area (Å²) in [6.07, 6.45) is 3.42. The maximum absolute atomic E-state index is 10.2. The van der Waals surface area contributed by atoms with Crippen molar-refractivity contribution in [2.75, 3.05) is 12.8 Å². The Hall–Kier alpha value is -0.550. The summed E-state index contributed by atoms with van der Waals surface area (Å²) in [4.78, 5) is 0. The minimum Gasteiger partial charge on any atom is -0.391 e. The van der Waals surface area contributed by atoms with Crippen LogP contribution in [-0.2, 0) is 14.3 Å². The van der Waals surface area contributed by atoms with Crippen LogP contribution < -0.4 is 5.73 Å². The molecule has 4 nitrogen and oxygen atoms in total. The molecule has 0 aromatic heterocycles. The Morgan fingerprint density at radius 3 is 2.56 bits per heavy atom. The van der Waals surface area contributed by atoms with Gasteiger partial charge in [-0.15, -0.1) is 0 Å². The molecule has 5 heteroatoms. The van der Waals surface area contributed by atoms with Gasteiger partial charge in [0.2, 0.25) is 0 Å². The Morgan fingerprint density at radius 1 is 1.67 bits per heavy atom. The van der Waals surface area contributed by atoms with Crippen LogP contribution >= 0.6 is 0 Å². The van der Waals surface area contributed by atoms with E-state index in [1.165, 1.54) is 6.08 Å². The fraction of sp³-hybridized carbons (Fsp3) is 0.500. The number of hydrogen-bond donors (Lipinski definition) is 1. The average Bonchev–Trinajstić information content (AvgIpc) is 1.63. The van der Waals surface area contributed by atoms with Gasteiger partial charge < -0.3 is 9.92 Å². The van der Waals surface area contributed by atoms with Crippen molar-refractivity contribution in [2.24, 2.45) is 5.73 Å². The molecular formula is C4H9NO3S. The molecule has 0 rings (SSSR count). The first-order valence-electron chi connectivity index (χ1n) is 2.29. The zero-order valence-corrected chi connectivity index (χ0v) is 5.89. The van der Waals surface area contributed by atoms with Crippen molar-refractivity contribution in [2.45, 2.75) is 0 Å². The summed E-state index contributed by atoms with van der Waals surface area (Å²) >= 11 is 0. The van der Waals surface area contributed by atoms with Gasteiger partial charge in [0.15, 0.2) is 0 Å². The Bertz CT molecular complexity index is 182. The third-order valence-corrected chi connectivity index (χ3v) is 0.923. The first kappa shape index (κ1) is 8.45. The summed E-state index contributed by atoms with van der Waals surface area (Å²) in [6, 6.07) is 0. The zero-order valence-electron chi connectivity index (χ0n) is 5.07. The van der Waals surface area contributed by atoms with Crippen LogP contribution in [-0.4, -0.2) is 21.2 Å². The van der Waals surface area contributed by atoms with Crippen molar-refractivity contribution in [1.82, 2.24) is 0 Å². The summed E-state index contributed by atoms with van der Waals surface area (Å²) in [5, 5.41) is 0. The fourth-order valence-electron chi connectivity index (χ4n) is 0.196. The highest BCUT2D eigenvalue weighted by Gasteiger charge is 1.93. The topological polar surface area (TPSA) is 69.4 Å². The molecule has 2 N–H and O–H groups in total. The lowest BCUT2D eigenvalue weighted by Gasteiger charge is -1.91. The molecule has 0 saturated heterocycles. The quantitative estimate of drug-likeness (QED) is 0.433. The van der Waals surface area contributed by atoms with Crippen LogP contribution in [0.25, 0.3) is 0 Å². The molecule has 9 heavy (non-hydrogen) atoms. The van der Waals surface area contributed by atoms with Crippen LogP contribution in [0.1, 0.15) is 0 Å². The van der Waals surface area contributed by atoms with E-state index >= 15 is 0 Å². The Balaban J connectivity index is 3.65. The van der Waals surface area contributed by atoms with Gasteiger partial charge in [-0.3, -0.25) is 0 Å². The largest absolute Gasteiger partial charge is 0.391 e. The Labute approximate surface area is 54.4 Å². The van der Waals surface area contributed by atoms with Gasteiger partial charge in [-0.2, -0.15) is 8.42 Å². The van der Waals surface area contributed by atoms with Crippen LogP contribution in [0, 0.1) is 0 Å². The minimum absolute atomic E-state index is 0.273. The van der Waals surface area contributed by atoms with Gasteiger partial charge in [0.25, 0.3) is 0 Å². The fourth-order valence-corrected chi connectivity index (χ4v) is 0.476. The molecule has 0 bridgehead atoms. The van der Waals surface area contributed by atoms with Gasteiger partial charge in [-0.25, -0.2) is 0 Å². The molecule has 0 aliphatic rings. The van der Waals surface area contributed by atoms with Crippen LogP contribution in [0.4, 0.5) is 0 Å². The van der Waals surface area contributed by atoms with Gasteiger partial charge >= 0.3 is 10.1 Å². The van der Waals surface area contributed by atoms with Crippen molar-refractivity contribution in [1.29, 1.82) is 0 Å². The molecule has 54 valence electrons. The Morgan fingerprint density at radius 2 is 2.22 bits per heavy atom. The van der Waals surface area contributed by atoms with E-state index in [1.807, 2.05) is 0 Å². The number of hydrogen-bond acceptors (Lipinski definition) is 4. The molecule has 0 saturated carbocycles. The standard InChI is InChI=1S/C4H9NO3S/c1-9(6,7)8-4-2-3-5/h2,4H,3,5H2,1H3. The average molecular weight is 151 g/mol. The predicted molar refractivity (Wildman–Crippen MR) is 34.1 cm³/mol. The lowest BCUT2D eigenvalue weighted by Crippen LogP contribution is -1.98. The smallest absolute Gasteiger partial charge is 0.305 e. The molecule has 0 amide bonds. The zero-order chi connectivity index (χ0) is 7.33. The van der Waals surface area contributed by atoms with Gasteiger partial charge in [0, 0.05) is 6.54 Å². The molecule has 0 aromatic carbocycles. The second-order valence-electron chi connectivity index (χ2n) is 1.41. The molecule has 0 spiro atoms. The van der Waals surface area contributed by atoms with E-state index in [0.717, 1.165) is 12.5 Å². The SMILES string of the molecule is CS(=O)(=O)OC=CCN. The molecule has 0 aromatic rings. The molecule has 0 aliphatic heterocycles. The molecule has 0 aliphatic carbocycles. The monoisotopic (exact) mass is 151 g/mol. The maximum atomic E-state index is 10.2. The van der Waals surface area contributed by atoms with E-state index in [2.05, 4.69) is 4.18 Å². The maximum Gasteiger partial charge on any atom is 0.305 e. The molecule has 0 fully saturated rings. The second-order valence-corrected chi connectivity index (χ2v) is 3.01. The lowest BCUT2D eigenvalue weighted by atomic mass is 10.6. The summed E-state index contributed by atoms with van der Waals surface area (Å²) in [5.74, 6) is 0. The molecule has 0 heterocycles. The highest BCUT2D eigenvalue weighted by Crippen LogP contribution is 1.85. The van der Waals surface area contributed by atoms with E-state index in [1.54, 1.807) is 0 Å². The Kier molecular flexibility index (Phi) is 3.26. The number of rotatable bonds is 3. The summed E-state index contributed by atoms with van der Waals surface area (Å²) in [6.45, 7) is 0.273. The van der Waals surface area contributed by atoms with E-state index in [0.29, 0.717) is 0 Å². The third-order valence-electron chi connectivity index (χ3n) is 0.463. The lowest BCUT2D eigenvalue weighted by molar-refractivity contribution is 0.449. The van der Waals surface area contributed by atoms with E-state index < -0.39 is 10.1 Å². The van der Waals surface area contributed by atoms with Crippen molar-refractivity contribution in [3.63, 3.8) is 0 Å². The second kappa shape index (κ2) is 3.47. The molecule has 0 unspecified atom stereocenters. The van der Waals surface area contributed by atoms with E-state index in [-0.39, 0.29) is 6.54 Å². The van der Waals surface area contributed by atoms with Gasteiger partial charge in [-0.1, -0.05) is 0 Å². The normalized spacial score (nSPS) is 12.2. The van der Waals surface area contributed by atoms with Crippen molar-refractivity contribution in [3.8, 4) is 0 Å². The predicted octanol–water partition coefficient (Wildman–Crippen LogP) is -0.565. The first-order chi connectivity index (χ1) is 4.06. The van der Waals surface area contributed by atoms with Crippen LogP contribution in [0.15, 0.2) is 12.3 Å². The highest BCUT2D eigenvalue weighted by molar-refractivity contribution is 7.86. The van der Waals surface area contributed by atoms with E-state index in [4.69, 9.17) is 5.73 Å². The van der Waals surface area contributed by atoms with Crippen LogP contribution in [0.5, 0.6) is 0 Å². The molecular weight excluding hydrogens is 142 g/mol. The summed E-state index contributed by atoms with van der Waals surface area (Å²) in [5.41, 5.74) is 5.00. The van der Waals surface area contributed by atoms with Gasteiger partial charge in [-0.05, 0) is 6.08 Å². The van der Waals surface area contributed by atoms with Crippen molar-refractivity contribution in [3.05, 3.63) is 12.3 Å². The summed E-state index contributed by atoms with van der Waals surface area (Å²) in [7, 11) is -3.34. The van der Waals surface area contributed by atoms with Gasteiger partial charge in [0.1, 0.15) is 6.26 Å². The van der Waals surface area contributed by atoms with Crippen molar-refractivity contribution < 1.29 is 12.6 Å². The highest BCUT2D eigenvalue weighted by atomic mass is 32.2. The minimum atomic E-state index is -3.34. The van der Waals surface area contributed by atoms with Crippen molar-refractivity contribution >= 4 is 10.1 Å². The van der Waals surface area contributed by atoms with Crippen LogP contribution in [0.3, 0.4) is 0 Å². The summed E-state index contributed by atoms with van der Waals surface area (Å²) < 4.78 is 24.6. The molecule has 0 radical (unpaired) electrons. The van der Waals surface area contributed by atoms with Gasteiger partial charge in [0.05, 0.1) is 6.26 Å². The van der Waals surface area contributed by atoms with Crippen LogP contribution in [0.2, 0.25) is 0 Å². The molecule has 0 atom stereocenters. The third kappa shape index (κ3) is 7.45.